The lowest BCUT2D eigenvalue weighted by Gasteiger charge is -2.25. The normalized spacial score (nSPS) is 11.8. The molecule has 0 fully saturated rings. The molecule has 0 aliphatic carbocycles. The van der Waals surface area contributed by atoms with E-state index in [1.54, 1.807) is 28.7 Å². The van der Waals surface area contributed by atoms with Crippen LogP contribution in [0.5, 0.6) is 0 Å². The number of carbonyl (C=O) groups excluding carboxylic acids is 2. The van der Waals surface area contributed by atoms with Crippen LogP contribution >= 0.6 is 22.7 Å². The summed E-state index contributed by atoms with van der Waals surface area (Å²) in [6, 6.07) is 13.5. The second-order valence-corrected chi connectivity index (χ2v) is 7.49. The van der Waals surface area contributed by atoms with Gasteiger partial charge in [0.05, 0.1) is 10.9 Å². The number of carbonyl (C=O) groups is 2. The Morgan fingerprint density at radius 1 is 1.15 bits per heavy atom. The number of hydrogen-bond donors (Lipinski definition) is 0. The molecule has 0 unspecified atom stereocenters. The molecule has 1 amide bonds. The Morgan fingerprint density at radius 2 is 1.92 bits per heavy atom. The molecule has 3 aromatic rings. The van der Waals surface area contributed by atoms with Crippen molar-refractivity contribution in [3.8, 4) is 9.88 Å². The number of likely N-dealkylation sites (N-methyl/N-ethyl adjacent to an activating group) is 1. The lowest BCUT2D eigenvalue weighted by molar-refractivity contribution is -0.135. The molecule has 0 N–H and O–H groups in total. The molecule has 26 heavy (non-hydrogen) atoms. The van der Waals surface area contributed by atoms with Gasteiger partial charge >= 0.3 is 5.97 Å². The minimum absolute atomic E-state index is 0.105. The van der Waals surface area contributed by atoms with E-state index in [-0.39, 0.29) is 24.2 Å². The van der Waals surface area contributed by atoms with Crippen LogP contribution in [0.4, 0.5) is 0 Å². The predicted octanol–water partition coefficient (Wildman–Crippen LogP) is 4.25. The minimum atomic E-state index is -0.585. The fraction of sp³-hybridized carbons (Fsp3) is 0.211. The maximum Gasteiger partial charge on any atom is 0.358 e. The van der Waals surface area contributed by atoms with Crippen molar-refractivity contribution in [2.75, 3.05) is 13.7 Å². The molecule has 0 saturated carbocycles. The van der Waals surface area contributed by atoms with Crippen LogP contribution in [-0.4, -0.2) is 35.4 Å². The summed E-state index contributed by atoms with van der Waals surface area (Å²) in [7, 11) is 1.70. The first-order valence-corrected chi connectivity index (χ1v) is 9.79. The van der Waals surface area contributed by atoms with E-state index in [0.717, 1.165) is 15.4 Å². The molecule has 1 atom stereocenters. The largest absolute Gasteiger partial charge is 0.451 e. The highest BCUT2D eigenvalue weighted by Gasteiger charge is 2.20. The molecule has 0 aliphatic rings. The van der Waals surface area contributed by atoms with Gasteiger partial charge in [-0.25, -0.2) is 9.78 Å². The van der Waals surface area contributed by atoms with Crippen LogP contribution in [0.2, 0.25) is 0 Å². The van der Waals surface area contributed by atoms with Crippen molar-refractivity contribution in [2.45, 2.75) is 13.0 Å². The average molecular weight is 386 g/mol. The van der Waals surface area contributed by atoms with Gasteiger partial charge in [0.1, 0.15) is 5.01 Å². The number of rotatable bonds is 6. The van der Waals surface area contributed by atoms with Crippen LogP contribution in [0.25, 0.3) is 9.88 Å². The van der Waals surface area contributed by atoms with E-state index in [1.165, 1.54) is 11.3 Å². The standard InChI is InChI=1S/C19H18N2O3S2/c1-13(14-7-4-3-5-8-14)21(2)17(22)11-24-19(23)15-12-26-18(20-15)16-9-6-10-25-16/h3-10,12-13H,11H2,1-2H3/t13-/m1/s1. The number of esters is 1. The van der Waals surface area contributed by atoms with Gasteiger partial charge in [-0.1, -0.05) is 36.4 Å². The van der Waals surface area contributed by atoms with Crippen molar-refractivity contribution in [3.63, 3.8) is 0 Å². The molecule has 3 rings (SSSR count). The second-order valence-electron chi connectivity index (χ2n) is 5.68. The zero-order valence-corrected chi connectivity index (χ0v) is 16.0. The summed E-state index contributed by atoms with van der Waals surface area (Å²) < 4.78 is 5.15. The summed E-state index contributed by atoms with van der Waals surface area (Å²) >= 11 is 2.94. The van der Waals surface area contributed by atoms with Crippen molar-refractivity contribution < 1.29 is 14.3 Å². The Bertz CT molecular complexity index is 875. The van der Waals surface area contributed by atoms with E-state index in [2.05, 4.69) is 4.98 Å². The minimum Gasteiger partial charge on any atom is -0.451 e. The topological polar surface area (TPSA) is 59.5 Å². The third-order valence-electron chi connectivity index (χ3n) is 4.03. The van der Waals surface area contributed by atoms with Crippen LogP contribution in [0.3, 0.4) is 0 Å². The molecule has 7 heteroatoms. The lowest BCUT2D eigenvalue weighted by atomic mass is 10.1. The highest BCUT2D eigenvalue weighted by molar-refractivity contribution is 7.20. The van der Waals surface area contributed by atoms with Gasteiger partial charge in [-0.2, -0.15) is 0 Å². The number of nitrogens with zero attached hydrogens (tertiary/aromatic N) is 2. The second kappa shape index (κ2) is 8.25. The number of thiophene rings is 1. The van der Waals surface area contributed by atoms with Gasteiger partial charge in [0.25, 0.3) is 5.91 Å². The molecule has 2 aromatic heterocycles. The third-order valence-corrected chi connectivity index (χ3v) is 5.91. The van der Waals surface area contributed by atoms with E-state index in [9.17, 15) is 9.59 Å². The molecule has 134 valence electrons. The van der Waals surface area contributed by atoms with Gasteiger partial charge in [-0.15, -0.1) is 22.7 Å². The number of thiazole rings is 1. The SMILES string of the molecule is C[C@H](c1ccccc1)N(C)C(=O)COC(=O)c1csc(-c2cccs2)n1. The van der Waals surface area contributed by atoms with Gasteiger partial charge in [0.2, 0.25) is 0 Å². The lowest BCUT2D eigenvalue weighted by Crippen LogP contribution is -2.33. The van der Waals surface area contributed by atoms with Crippen LogP contribution in [0.1, 0.15) is 29.0 Å². The van der Waals surface area contributed by atoms with E-state index in [4.69, 9.17) is 4.74 Å². The molecule has 2 heterocycles. The van der Waals surface area contributed by atoms with Crippen LogP contribution in [0, 0.1) is 0 Å². The van der Waals surface area contributed by atoms with Crippen molar-refractivity contribution in [1.29, 1.82) is 0 Å². The van der Waals surface area contributed by atoms with Gasteiger partial charge in [0, 0.05) is 12.4 Å². The Morgan fingerprint density at radius 3 is 2.62 bits per heavy atom. The number of hydrogen-bond acceptors (Lipinski definition) is 6. The summed E-state index contributed by atoms with van der Waals surface area (Å²) in [5, 5.41) is 4.38. The fourth-order valence-corrected chi connectivity index (χ4v) is 3.96. The van der Waals surface area contributed by atoms with Gasteiger partial charge in [0.15, 0.2) is 12.3 Å². The quantitative estimate of drug-likeness (QED) is 0.594. The van der Waals surface area contributed by atoms with Crippen molar-refractivity contribution in [1.82, 2.24) is 9.88 Å². The van der Waals surface area contributed by atoms with E-state index in [0.29, 0.717) is 0 Å². The van der Waals surface area contributed by atoms with Crippen molar-refractivity contribution in [2.24, 2.45) is 0 Å². The smallest absolute Gasteiger partial charge is 0.358 e. The number of benzene rings is 1. The maximum atomic E-state index is 12.3. The molecule has 0 spiro atoms. The molecular formula is C19H18N2O3S2. The Hall–Kier alpha value is -2.51. The molecule has 0 bridgehead atoms. The first-order valence-electron chi connectivity index (χ1n) is 8.03. The molecule has 5 nitrogen and oxygen atoms in total. The molecule has 0 saturated heterocycles. The van der Waals surface area contributed by atoms with Crippen molar-refractivity contribution in [3.05, 3.63) is 64.5 Å². The van der Waals surface area contributed by atoms with Crippen LogP contribution in [-0.2, 0) is 9.53 Å². The predicted molar refractivity (Wildman–Crippen MR) is 103 cm³/mol. The monoisotopic (exact) mass is 386 g/mol. The van der Waals surface area contributed by atoms with Gasteiger partial charge < -0.3 is 9.64 Å². The Balaban J connectivity index is 1.56. The summed E-state index contributed by atoms with van der Waals surface area (Å²) in [4.78, 5) is 31.3. The highest BCUT2D eigenvalue weighted by atomic mass is 32.1. The molecular weight excluding hydrogens is 368 g/mol. The molecule has 1 aromatic carbocycles. The van der Waals surface area contributed by atoms with Crippen molar-refractivity contribution >= 4 is 34.6 Å². The molecule has 0 radical (unpaired) electrons. The van der Waals surface area contributed by atoms with E-state index >= 15 is 0 Å². The van der Waals surface area contributed by atoms with Crippen LogP contribution in [0.15, 0.2) is 53.2 Å². The first kappa shape index (κ1) is 18.3. The first-order chi connectivity index (χ1) is 12.6. The van der Waals surface area contributed by atoms with Gasteiger partial charge in [-0.05, 0) is 23.9 Å². The number of ether oxygens (including phenoxy) is 1. The summed E-state index contributed by atoms with van der Waals surface area (Å²) in [5.41, 5.74) is 1.25. The Kier molecular flexibility index (Phi) is 5.80. The zero-order chi connectivity index (χ0) is 18.5. The average Bonchev–Trinajstić information content (AvgIpc) is 3.36. The Labute approximate surface area is 159 Å². The molecule has 0 aliphatic heterocycles. The highest BCUT2D eigenvalue weighted by Crippen LogP contribution is 2.28. The van der Waals surface area contributed by atoms with E-state index < -0.39 is 5.97 Å². The zero-order valence-electron chi connectivity index (χ0n) is 14.4. The maximum absolute atomic E-state index is 12.3. The summed E-state index contributed by atoms with van der Waals surface area (Å²) in [6.07, 6.45) is 0. The summed E-state index contributed by atoms with van der Waals surface area (Å²) in [5.74, 6) is -0.846. The van der Waals surface area contributed by atoms with E-state index in [1.807, 2.05) is 54.8 Å². The number of amides is 1. The number of aromatic nitrogens is 1. The van der Waals surface area contributed by atoms with Gasteiger partial charge in [-0.3, -0.25) is 4.79 Å². The summed E-state index contributed by atoms with van der Waals surface area (Å²) in [6.45, 7) is 1.63. The van der Waals surface area contributed by atoms with Crippen LogP contribution < -0.4 is 0 Å². The fourth-order valence-electron chi connectivity index (χ4n) is 2.36. The third kappa shape index (κ3) is 4.17.